The van der Waals surface area contributed by atoms with Gasteiger partial charge in [0.05, 0.1) is 5.69 Å². The van der Waals surface area contributed by atoms with Gasteiger partial charge in [-0.2, -0.15) is 0 Å². The fourth-order valence-electron chi connectivity index (χ4n) is 1.65. The Kier molecular flexibility index (Phi) is 3.08. The molecule has 0 bridgehead atoms. The van der Waals surface area contributed by atoms with Crippen molar-refractivity contribution < 1.29 is 0 Å². The second-order valence-corrected chi connectivity index (χ2v) is 5.15. The molecule has 1 aromatic carbocycles. The number of nitrogens with zero attached hydrogens (tertiary/aromatic N) is 1. The fourth-order valence-corrected chi connectivity index (χ4v) is 2.67. The van der Waals surface area contributed by atoms with Gasteiger partial charge in [-0.15, -0.1) is 11.3 Å². The van der Waals surface area contributed by atoms with E-state index in [4.69, 9.17) is 5.73 Å². The summed E-state index contributed by atoms with van der Waals surface area (Å²) in [6.45, 7) is 6.11. The molecule has 0 amide bonds. The van der Waals surface area contributed by atoms with Crippen molar-refractivity contribution in [2.45, 2.75) is 26.8 Å². The normalized spacial score (nSPS) is 12.8. The Hall–Kier alpha value is -1.19. The lowest BCUT2D eigenvalue weighted by atomic mass is 10.2. The van der Waals surface area contributed by atoms with E-state index in [-0.39, 0.29) is 6.04 Å². The zero-order valence-corrected chi connectivity index (χ0v) is 10.6. The summed E-state index contributed by atoms with van der Waals surface area (Å²) in [5.41, 5.74) is 9.39. The second kappa shape index (κ2) is 4.36. The van der Waals surface area contributed by atoms with Gasteiger partial charge in [-0.05, 0) is 20.8 Å². The molecular weight excluding hydrogens is 216 g/mol. The molecule has 0 unspecified atom stereocenters. The molecule has 3 heteroatoms. The number of benzene rings is 1. The van der Waals surface area contributed by atoms with E-state index in [1.165, 1.54) is 16.0 Å². The molecule has 0 saturated heterocycles. The molecule has 0 fully saturated rings. The largest absolute Gasteiger partial charge is 0.323 e. The predicted octanol–water partition coefficient (Wildman–Crippen LogP) is 3.45. The van der Waals surface area contributed by atoms with Crippen LogP contribution in [0.3, 0.4) is 0 Å². The summed E-state index contributed by atoms with van der Waals surface area (Å²) in [5, 5.41) is 1.06. The third kappa shape index (κ3) is 2.15. The SMILES string of the molecule is Cc1ccc(-c2nc(C)c([C@@H](C)N)s2)cc1. The molecule has 0 aliphatic heterocycles. The van der Waals surface area contributed by atoms with E-state index in [0.717, 1.165) is 10.7 Å². The van der Waals surface area contributed by atoms with Crippen molar-refractivity contribution in [2.24, 2.45) is 5.73 Å². The molecule has 0 saturated carbocycles. The summed E-state index contributed by atoms with van der Waals surface area (Å²) >= 11 is 1.69. The molecular formula is C13H16N2S. The Labute approximate surface area is 100 Å². The number of aromatic nitrogens is 1. The van der Waals surface area contributed by atoms with Crippen molar-refractivity contribution in [3.8, 4) is 10.6 Å². The number of hydrogen-bond donors (Lipinski definition) is 1. The van der Waals surface area contributed by atoms with Crippen LogP contribution in [0.15, 0.2) is 24.3 Å². The van der Waals surface area contributed by atoms with Crippen LogP contribution in [0.1, 0.15) is 29.1 Å². The van der Waals surface area contributed by atoms with Crippen molar-refractivity contribution in [3.05, 3.63) is 40.4 Å². The Morgan fingerprint density at radius 2 is 1.81 bits per heavy atom. The first-order valence-corrected chi connectivity index (χ1v) is 6.19. The number of thiazole rings is 1. The summed E-state index contributed by atoms with van der Waals surface area (Å²) in [6, 6.07) is 8.50. The zero-order valence-electron chi connectivity index (χ0n) is 9.82. The predicted molar refractivity (Wildman–Crippen MR) is 69.6 cm³/mol. The molecule has 0 spiro atoms. The molecule has 84 valence electrons. The van der Waals surface area contributed by atoms with E-state index in [1.54, 1.807) is 11.3 Å². The van der Waals surface area contributed by atoms with Crippen LogP contribution in [0.25, 0.3) is 10.6 Å². The summed E-state index contributed by atoms with van der Waals surface area (Å²) < 4.78 is 0. The van der Waals surface area contributed by atoms with Crippen LogP contribution in [0.5, 0.6) is 0 Å². The van der Waals surface area contributed by atoms with Gasteiger partial charge in [-0.25, -0.2) is 4.98 Å². The van der Waals surface area contributed by atoms with E-state index in [1.807, 2.05) is 13.8 Å². The van der Waals surface area contributed by atoms with Gasteiger partial charge in [0.2, 0.25) is 0 Å². The minimum atomic E-state index is 0.0664. The Balaban J connectivity index is 2.41. The summed E-state index contributed by atoms with van der Waals surface area (Å²) in [6.07, 6.45) is 0. The maximum Gasteiger partial charge on any atom is 0.123 e. The zero-order chi connectivity index (χ0) is 11.7. The van der Waals surface area contributed by atoms with Gasteiger partial charge < -0.3 is 5.73 Å². The maximum atomic E-state index is 5.90. The van der Waals surface area contributed by atoms with Crippen LogP contribution in [0, 0.1) is 13.8 Å². The number of rotatable bonds is 2. The lowest BCUT2D eigenvalue weighted by molar-refractivity contribution is 0.825. The molecule has 2 N–H and O–H groups in total. The summed E-state index contributed by atoms with van der Waals surface area (Å²) in [7, 11) is 0. The van der Waals surface area contributed by atoms with Gasteiger partial charge in [0.1, 0.15) is 5.01 Å². The van der Waals surface area contributed by atoms with E-state index in [2.05, 4.69) is 36.2 Å². The van der Waals surface area contributed by atoms with Crippen molar-refractivity contribution in [1.29, 1.82) is 0 Å². The smallest absolute Gasteiger partial charge is 0.123 e. The number of hydrogen-bond acceptors (Lipinski definition) is 3. The van der Waals surface area contributed by atoms with Gasteiger partial charge >= 0.3 is 0 Å². The highest BCUT2D eigenvalue weighted by Gasteiger charge is 2.11. The van der Waals surface area contributed by atoms with E-state index < -0.39 is 0 Å². The van der Waals surface area contributed by atoms with Crippen LogP contribution in [-0.4, -0.2) is 4.98 Å². The first kappa shape index (κ1) is 11.3. The average Bonchev–Trinajstić information content (AvgIpc) is 2.61. The van der Waals surface area contributed by atoms with Gasteiger partial charge in [0.15, 0.2) is 0 Å². The highest BCUT2D eigenvalue weighted by atomic mass is 32.1. The van der Waals surface area contributed by atoms with Crippen molar-refractivity contribution in [1.82, 2.24) is 4.98 Å². The standard InChI is InChI=1S/C13H16N2S/c1-8-4-6-11(7-5-8)13-15-10(3)12(16-13)9(2)14/h4-7,9H,14H2,1-3H3/t9-/m1/s1. The van der Waals surface area contributed by atoms with Crippen molar-refractivity contribution >= 4 is 11.3 Å². The maximum absolute atomic E-state index is 5.90. The average molecular weight is 232 g/mol. The molecule has 16 heavy (non-hydrogen) atoms. The first-order chi connectivity index (χ1) is 7.58. The van der Waals surface area contributed by atoms with Crippen LogP contribution in [-0.2, 0) is 0 Å². The highest BCUT2D eigenvalue weighted by molar-refractivity contribution is 7.15. The van der Waals surface area contributed by atoms with Gasteiger partial charge in [0, 0.05) is 16.5 Å². The Morgan fingerprint density at radius 1 is 1.19 bits per heavy atom. The molecule has 2 aromatic rings. The molecule has 1 aromatic heterocycles. The second-order valence-electron chi connectivity index (χ2n) is 4.12. The van der Waals surface area contributed by atoms with Crippen molar-refractivity contribution in [3.63, 3.8) is 0 Å². The molecule has 0 aliphatic rings. The highest BCUT2D eigenvalue weighted by Crippen LogP contribution is 2.30. The summed E-state index contributed by atoms with van der Waals surface area (Å²) in [4.78, 5) is 5.75. The van der Waals surface area contributed by atoms with Gasteiger partial charge in [0.25, 0.3) is 0 Å². The minimum absolute atomic E-state index is 0.0664. The minimum Gasteiger partial charge on any atom is -0.323 e. The molecule has 2 rings (SSSR count). The number of nitrogens with two attached hydrogens (primary N) is 1. The Morgan fingerprint density at radius 3 is 2.31 bits per heavy atom. The van der Waals surface area contributed by atoms with E-state index >= 15 is 0 Å². The lowest BCUT2D eigenvalue weighted by Crippen LogP contribution is -2.03. The fraction of sp³-hybridized carbons (Fsp3) is 0.308. The molecule has 1 heterocycles. The van der Waals surface area contributed by atoms with Crippen molar-refractivity contribution in [2.75, 3.05) is 0 Å². The van der Waals surface area contributed by atoms with Crippen LogP contribution < -0.4 is 5.73 Å². The first-order valence-electron chi connectivity index (χ1n) is 5.38. The van der Waals surface area contributed by atoms with Gasteiger partial charge in [-0.3, -0.25) is 0 Å². The quantitative estimate of drug-likeness (QED) is 0.861. The van der Waals surface area contributed by atoms with Crippen LogP contribution in [0.4, 0.5) is 0 Å². The third-order valence-electron chi connectivity index (χ3n) is 2.54. The Bertz CT molecular complexity index is 483. The van der Waals surface area contributed by atoms with Crippen LogP contribution >= 0.6 is 11.3 Å². The topological polar surface area (TPSA) is 38.9 Å². The van der Waals surface area contributed by atoms with E-state index in [0.29, 0.717) is 0 Å². The molecule has 1 atom stereocenters. The van der Waals surface area contributed by atoms with Crippen LogP contribution in [0.2, 0.25) is 0 Å². The number of aryl methyl sites for hydroxylation is 2. The lowest BCUT2D eigenvalue weighted by Gasteiger charge is -2.00. The molecule has 0 radical (unpaired) electrons. The molecule has 0 aliphatic carbocycles. The third-order valence-corrected chi connectivity index (χ3v) is 3.95. The van der Waals surface area contributed by atoms with Gasteiger partial charge in [-0.1, -0.05) is 29.8 Å². The summed E-state index contributed by atoms with van der Waals surface area (Å²) in [5.74, 6) is 0. The molecule has 2 nitrogen and oxygen atoms in total. The van der Waals surface area contributed by atoms with E-state index in [9.17, 15) is 0 Å². The monoisotopic (exact) mass is 232 g/mol.